The number of nitrogens with zero attached hydrogens (tertiary/aromatic N) is 5. The van der Waals surface area contributed by atoms with Crippen molar-refractivity contribution in [3.05, 3.63) is 35.2 Å². The van der Waals surface area contributed by atoms with E-state index in [0.29, 0.717) is 24.7 Å². The number of morpholine rings is 1. The number of anilines is 1. The summed E-state index contributed by atoms with van der Waals surface area (Å²) in [7, 11) is 1.95. The third kappa shape index (κ3) is 3.91. The van der Waals surface area contributed by atoms with Gasteiger partial charge in [-0.05, 0) is 39.1 Å². The van der Waals surface area contributed by atoms with E-state index in [1.165, 1.54) is 5.57 Å². The van der Waals surface area contributed by atoms with Gasteiger partial charge < -0.3 is 25.1 Å². The van der Waals surface area contributed by atoms with Gasteiger partial charge in [0.15, 0.2) is 17.2 Å². The highest BCUT2D eigenvalue weighted by Gasteiger charge is 2.41. The van der Waals surface area contributed by atoms with E-state index in [1.54, 1.807) is 0 Å². The Hall–Kier alpha value is -3.14. The first-order valence-corrected chi connectivity index (χ1v) is 12.7. The molecule has 36 heavy (non-hydrogen) atoms. The number of aliphatic imine (C=N–C) groups is 2. The summed E-state index contributed by atoms with van der Waals surface area (Å²) in [5, 5.41) is 3.28. The predicted molar refractivity (Wildman–Crippen MR) is 144 cm³/mol. The average molecular weight is 488 g/mol. The van der Waals surface area contributed by atoms with Crippen molar-refractivity contribution in [1.29, 1.82) is 0 Å². The molecule has 4 atom stereocenters. The van der Waals surface area contributed by atoms with Crippen LogP contribution < -0.4 is 16.0 Å². The van der Waals surface area contributed by atoms with Gasteiger partial charge in [-0.25, -0.2) is 15.0 Å². The minimum Gasteiger partial charge on any atom is -0.432 e. The molecule has 0 aromatic carbocycles. The van der Waals surface area contributed by atoms with Crippen molar-refractivity contribution in [2.75, 3.05) is 44.8 Å². The highest BCUT2D eigenvalue weighted by molar-refractivity contribution is 6.00. The van der Waals surface area contributed by atoms with Gasteiger partial charge in [-0.1, -0.05) is 23.8 Å². The number of likely N-dealkylation sites (N-methyl/N-ethyl adjacent to an activating group) is 1. The molecule has 3 N–H and O–H groups in total. The highest BCUT2D eigenvalue weighted by atomic mass is 16.5. The van der Waals surface area contributed by atoms with Crippen molar-refractivity contribution in [2.24, 2.45) is 27.6 Å². The van der Waals surface area contributed by atoms with Crippen molar-refractivity contribution in [1.82, 2.24) is 15.3 Å². The first-order chi connectivity index (χ1) is 17.6. The summed E-state index contributed by atoms with van der Waals surface area (Å²) in [6.07, 6.45) is 10.2. The van der Waals surface area contributed by atoms with Gasteiger partial charge in [-0.3, -0.25) is 4.99 Å². The van der Waals surface area contributed by atoms with Crippen LogP contribution in [0.3, 0.4) is 0 Å². The quantitative estimate of drug-likeness (QED) is 0.577. The van der Waals surface area contributed by atoms with E-state index < -0.39 is 0 Å². The Balaban J connectivity index is 1.59. The Morgan fingerprint density at radius 1 is 1.31 bits per heavy atom. The molecule has 0 bridgehead atoms. The summed E-state index contributed by atoms with van der Waals surface area (Å²) in [6, 6.07) is 0.264. The zero-order chi connectivity index (χ0) is 24.8. The fourth-order valence-electron chi connectivity index (χ4n) is 5.72. The maximum atomic E-state index is 6.39. The minimum absolute atomic E-state index is 0.122. The standard InChI is InChI=1S/C27H33N7O2/c1-15(14-29-2)21(18-13-19(18)28)22-23-24(36-27(22)30-3)26(34-9-11-35-12-10-34)33-25(32-23)17-5-4-6-20-16(17)7-8-31-20/h4-6,8,16,18-20,29H,3,7,9-14,28H2,1-2H3. The lowest BCUT2D eigenvalue weighted by Crippen LogP contribution is -2.37. The van der Waals surface area contributed by atoms with Gasteiger partial charge in [0.05, 0.1) is 24.8 Å². The molecular weight excluding hydrogens is 454 g/mol. The third-order valence-electron chi connectivity index (χ3n) is 7.62. The molecule has 2 aliphatic carbocycles. The van der Waals surface area contributed by atoms with Gasteiger partial charge in [0.2, 0.25) is 5.88 Å². The third-order valence-corrected chi connectivity index (χ3v) is 7.62. The molecule has 2 fully saturated rings. The minimum atomic E-state index is 0.122. The number of rotatable bonds is 7. The number of hydrogen-bond acceptors (Lipinski definition) is 9. The molecule has 4 unspecified atom stereocenters. The lowest BCUT2D eigenvalue weighted by molar-refractivity contribution is 0.122. The van der Waals surface area contributed by atoms with Crippen LogP contribution in [0.15, 0.2) is 38.2 Å². The summed E-state index contributed by atoms with van der Waals surface area (Å²) >= 11 is 0. The van der Waals surface area contributed by atoms with Gasteiger partial charge in [0.1, 0.15) is 5.52 Å². The van der Waals surface area contributed by atoms with Crippen LogP contribution in [-0.4, -0.2) is 74.9 Å². The number of nitrogens with one attached hydrogen (secondary N) is 1. The van der Waals surface area contributed by atoms with E-state index in [1.807, 2.05) is 13.3 Å². The Labute approximate surface area is 210 Å². The average Bonchev–Trinajstić information content (AvgIpc) is 3.28. The normalized spacial score (nSPS) is 27.8. The number of nitrogens with two attached hydrogens (primary N) is 1. The maximum Gasteiger partial charge on any atom is 0.228 e. The number of aromatic nitrogens is 2. The smallest absolute Gasteiger partial charge is 0.228 e. The molecule has 9 heteroatoms. The fraction of sp³-hybridized carbons (Fsp3) is 0.481. The van der Waals surface area contributed by atoms with Crippen LogP contribution in [0.4, 0.5) is 11.7 Å². The summed E-state index contributed by atoms with van der Waals surface area (Å²) in [5.41, 5.74) is 12.2. The van der Waals surface area contributed by atoms with E-state index in [9.17, 15) is 0 Å². The van der Waals surface area contributed by atoms with Gasteiger partial charge in [0, 0.05) is 49.3 Å². The number of furan rings is 1. The molecule has 2 aliphatic heterocycles. The first-order valence-electron chi connectivity index (χ1n) is 12.7. The van der Waals surface area contributed by atoms with Crippen molar-refractivity contribution in [2.45, 2.75) is 31.8 Å². The first kappa shape index (κ1) is 23.3. The fourth-order valence-corrected chi connectivity index (χ4v) is 5.72. The molecule has 1 saturated carbocycles. The zero-order valence-electron chi connectivity index (χ0n) is 20.9. The van der Waals surface area contributed by atoms with E-state index in [2.05, 4.69) is 52.1 Å². The van der Waals surface area contributed by atoms with Gasteiger partial charge in [-0.2, -0.15) is 0 Å². The topological polar surface area (TPSA) is 114 Å². The Morgan fingerprint density at radius 3 is 2.83 bits per heavy atom. The van der Waals surface area contributed by atoms with Crippen LogP contribution in [0, 0.1) is 11.8 Å². The lowest BCUT2D eigenvalue weighted by atomic mass is 9.86. The molecule has 2 aromatic rings. The maximum absolute atomic E-state index is 6.39. The SMILES string of the molecule is C=Nc1oc2c(N3CCOCC3)nc(C3=CC=CC4N=CCC34)nc2c1C(=C(C)CNC)C1CC1N. The summed E-state index contributed by atoms with van der Waals surface area (Å²) in [5.74, 6) is 2.47. The van der Waals surface area contributed by atoms with Crippen LogP contribution in [-0.2, 0) is 4.74 Å². The van der Waals surface area contributed by atoms with Gasteiger partial charge >= 0.3 is 0 Å². The van der Waals surface area contributed by atoms with Gasteiger partial charge in [0.25, 0.3) is 0 Å². The second kappa shape index (κ2) is 9.38. The molecule has 6 rings (SSSR count). The van der Waals surface area contributed by atoms with Crippen molar-refractivity contribution < 1.29 is 9.15 Å². The molecule has 0 radical (unpaired) electrons. The van der Waals surface area contributed by atoms with Crippen LogP contribution in [0.2, 0.25) is 0 Å². The monoisotopic (exact) mass is 487 g/mol. The number of ether oxygens (including phenoxy) is 1. The van der Waals surface area contributed by atoms with E-state index >= 15 is 0 Å². The number of fused-ring (bicyclic) bond motifs is 2. The van der Waals surface area contributed by atoms with Crippen molar-refractivity contribution in [3.63, 3.8) is 0 Å². The van der Waals surface area contributed by atoms with Crippen LogP contribution in [0.25, 0.3) is 22.2 Å². The molecule has 4 heterocycles. The molecule has 4 aliphatic rings. The Morgan fingerprint density at radius 2 is 2.11 bits per heavy atom. The van der Waals surface area contributed by atoms with E-state index in [4.69, 9.17) is 24.9 Å². The Bertz CT molecular complexity index is 1320. The number of hydrogen-bond donors (Lipinski definition) is 2. The molecule has 0 spiro atoms. The molecule has 0 amide bonds. The zero-order valence-corrected chi connectivity index (χ0v) is 20.9. The van der Waals surface area contributed by atoms with E-state index in [-0.39, 0.29) is 23.9 Å². The lowest BCUT2D eigenvalue weighted by Gasteiger charge is -2.28. The van der Waals surface area contributed by atoms with Gasteiger partial charge in [-0.15, -0.1) is 0 Å². The van der Waals surface area contributed by atoms with E-state index in [0.717, 1.165) is 66.3 Å². The second-order valence-electron chi connectivity index (χ2n) is 9.99. The molecule has 188 valence electrons. The molecule has 9 nitrogen and oxygen atoms in total. The summed E-state index contributed by atoms with van der Waals surface area (Å²) < 4.78 is 12.0. The molecule has 2 aromatic heterocycles. The Kier molecular flexibility index (Phi) is 6.07. The van der Waals surface area contributed by atoms with Crippen molar-refractivity contribution >= 4 is 46.9 Å². The molecular formula is C27H33N7O2. The summed E-state index contributed by atoms with van der Waals surface area (Å²) in [4.78, 5) is 21.5. The summed E-state index contributed by atoms with van der Waals surface area (Å²) in [6.45, 7) is 9.49. The van der Waals surface area contributed by atoms with Crippen molar-refractivity contribution in [3.8, 4) is 0 Å². The highest BCUT2D eigenvalue weighted by Crippen LogP contribution is 2.50. The largest absolute Gasteiger partial charge is 0.432 e. The van der Waals surface area contributed by atoms with Crippen LogP contribution >= 0.6 is 0 Å². The molecule has 1 saturated heterocycles. The number of allylic oxidation sites excluding steroid dienone is 2. The second-order valence-corrected chi connectivity index (χ2v) is 9.99. The van der Waals surface area contributed by atoms with Crippen LogP contribution in [0.5, 0.6) is 0 Å². The van der Waals surface area contributed by atoms with Crippen LogP contribution in [0.1, 0.15) is 31.2 Å². The predicted octanol–water partition coefficient (Wildman–Crippen LogP) is 3.14.